The molecule has 0 unspecified atom stereocenters. The van der Waals surface area contributed by atoms with E-state index in [9.17, 15) is 9.59 Å². The summed E-state index contributed by atoms with van der Waals surface area (Å²) in [5, 5.41) is 21.5. The molecule has 142 valence electrons. The largest absolute Gasteiger partial charge is 0.457 e. The van der Waals surface area contributed by atoms with Gasteiger partial charge in [-0.2, -0.15) is 5.10 Å². The fourth-order valence-corrected chi connectivity index (χ4v) is 2.52. The number of ether oxygens (including phenoxy) is 1. The maximum Gasteiger partial charge on any atom is 0.308 e. The van der Waals surface area contributed by atoms with Gasteiger partial charge in [-0.3, -0.25) is 14.7 Å². The zero-order chi connectivity index (χ0) is 19.1. The Balaban J connectivity index is 1.43. The van der Waals surface area contributed by atoms with E-state index in [4.69, 9.17) is 4.74 Å². The molecule has 27 heavy (non-hydrogen) atoms. The quantitative estimate of drug-likeness (QED) is 0.541. The Kier molecular flexibility index (Phi) is 6.08. The second kappa shape index (κ2) is 8.88. The van der Waals surface area contributed by atoms with Crippen molar-refractivity contribution >= 4 is 22.8 Å². The summed E-state index contributed by atoms with van der Waals surface area (Å²) >= 11 is 0. The van der Waals surface area contributed by atoms with Gasteiger partial charge in [-0.15, -0.1) is 5.10 Å². The minimum atomic E-state index is -0.438. The maximum absolute atomic E-state index is 12.2. The second-order valence-electron chi connectivity index (χ2n) is 5.96. The van der Waals surface area contributed by atoms with Crippen molar-refractivity contribution in [2.45, 2.75) is 39.3 Å². The van der Waals surface area contributed by atoms with Gasteiger partial charge < -0.3 is 10.1 Å². The number of esters is 1. The third kappa shape index (κ3) is 4.66. The molecule has 0 aliphatic carbocycles. The first kappa shape index (κ1) is 18.5. The Labute approximate surface area is 155 Å². The predicted octanol–water partition coefficient (Wildman–Crippen LogP) is 1.21. The Morgan fingerprint density at radius 3 is 3.00 bits per heavy atom. The summed E-state index contributed by atoms with van der Waals surface area (Å²) in [4.78, 5) is 24.1. The normalized spacial score (nSPS) is 10.9. The number of carbonyl (C=O) groups excluding carboxylic acids is 2. The monoisotopic (exact) mass is 371 g/mol. The molecule has 0 fully saturated rings. The standard InChI is InChI=1S/C17H21N7O3/c1-2-3-10-24-14(20-22-23-24)11-27-15(25)8-9-18-17(26)16-12-6-4-5-7-13(12)19-21-16/h4-7H,2-3,8-11H2,1H3,(H,18,26)(H,19,21). The first-order chi connectivity index (χ1) is 13.2. The highest BCUT2D eigenvalue weighted by Gasteiger charge is 2.14. The summed E-state index contributed by atoms with van der Waals surface area (Å²) in [5.74, 6) is -0.278. The molecule has 0 spiro atoms. The van der Waals surface area contributed by atoms with Crippen LogP contribution in [-0.4, -0.2) is 48.8 Å². The number of tetrazole rings is 1. The lowest BCUT2D eigenvalue weighted by molar-refractivity contribution is -0.145. The molecule has 0 saturated heterocycles. The van der Waals surface area contributed by atoms with Gasteiger partial charge in [-0.25, -0.2) is 4.68 Å². The lowest BCUT2D eigenvalue weighted by Crippen LogP contribution is -2.27. The molecular weight excluding hydrogens is 350 g/mol. The summed E-state index contributed by atoms with van der Waals surface area (Å²) in [6.07, 6.45) is 2.01. The third-order valence-corrected chi connectivity index (χ3v) is 3.99. The van der Waals surface area contributed by atoms with E-state index in [1.807, 2.05) is 24.3 Å². The summed E-state index contributed by atoms with van der Waals surface area (Å²) < 4.78 is 6.80. The molecule has 0 aliphatic heterocycles. The molecule has 0 bridgehead atoms. The van der Waals surface area contributed by atoms with Gasteiger partial charge in [-0.1, -0.05) is 31.5 Å². The lowest BCUT2D eigenvalue weighted by Gasteiger charge is -2.06. The van der Waals surface area contributed by atoms with Crippen LogP contribution in [0.25, 0.3) is 10.9 Å². The fourth-order valence-electron chi connectivity index (χ4n) is 2.52. The highest BCUT2D eigenvalue weighted by Crippen LogP contribution is 2.14. The van der Waals surface area contributed by atoms with Crippen LogP contribution in [-0.2, 0) is 22.7 Å². The average molecular weight is 371 g/mol. The SMILES string of the molecule is CCCCn1nnnc1COC(=O)CCNC(=O)c1n[nH]c2ccccc12. The minimum absolute atomic E-state index is 0.00744. The summed E-state index contributed by atoms with van der Waals surface area (Å²) in [5.41, 5.74) is 1.08. The number of benzene rings is 1. The molecule has 2 N–H and O–H groups in total. The number of rotatable bonds is 9. The highest BCUT2D eigenvalue weighted by molar-refractivity contribution is 6.04. The lowest BCUT2D eigenvalue weighted by atomic mass is 10.2. The zero-order valence-electron chi connectivity index (χ0n) is 15.0. The molecule has 3 rings (SSSR count). The molecule has 0 saturated carbocycles. The summed E-state index contributed by atoms with van der Waals surface area (Å²) in [6, 6.07) is 7.34. The number of aromatic amines is 1. The number of aryl methyl sites for hydroxylation is 1. The van der Waals surface area contributed by atoms with Gasteiger partial charge in [0.2, 0.25) is 0 Å². The number of hydrogen-bond acceptors (Lipinski definition) is 7. The third-order valence-electron chi connectivity index (χ3n) is 3.99. The van der Waals surface area contributed by atoms with Crippen molar-refractivity contribution in [3.05, 3.63) is 35.8 Å². The molecule has 0 radical (unpaired) electrons. The summed E-state index contributed by atoms with van der Waals surface area (Å²) in [6.45, 7) is 2.92. The van der Waals surface area contributed by atoms with Crippen LogP contribution in [0, 0.1) is 0 Å². The van der Waals surface area contributed by atoms with Crippen LogP contribution in [0.15, 0.2) is 24.3 Å². The Morgan fingerprint density at radius 1 is 1.30 bits per heavy atom. The number of nitrogens with zero attached hydrogens (tertiary/aromatic N) is 5. The van der Waals surface area contributed by atoms with Crippen LogP contribution in [0.4, 0.5) is 0 Å². The van der Waals surface area contributed by atoms with E-state index in [1.165, 1.54) is 0 Å². The van der Waals surface area contributed by atoms with Crippen molar-refractivity contribution in [2.24, 2.45) is 0 Å². The summed E-state index contributed by atoms with van der Waals surface area (Å²) in [7, 11) is 0. The van der Waals surface area contributed by atoms with Crippen LogP contribution in [0.5, 0.6) is 0 Å². The van der Waals surface area contributed by atoms with Crippen molar-refractivity contribution in [3.8, 4) is 0 Å². The Morgan fingerprint density at radius 2 is 2.15 bits per heavy atom. The van der Waals surface area contributed by atoms with Crippen LogP contribution in [0.2, 0.25) is 0 Å². The Hall–Kier alpha value is -3.30. The van der Waals surface area contributed by atoms with Crippen LogP contribution < -0.4 is 5.32 Å². The zero-order valence-corrected chi connectivity index (χ0v) is 15.0. The smallest absolute Gasteiger partial charge is 0.308 e. The van der Waals surface area contributed by atoms with Gasteiger partial charge in [0.05, 0.1) is 11.9 Å². The van der Waals surface area contributed by atoms with E-state index in [2.05, 4.69) is 38.0 Å². The molecule has 1 amide bonds. The van der Waals surface area contributed by atoms with E-state index in [1.54, 1.807) is 4.68 Å². The molecule has 0 atom stereocenters. The van der Waals surface area contributed by atoms with Crippen LogP contribution in [0.1, 0.15) is 42.5 Å². The van der Waals surface area contributed by atoms with Crippen molar-refractivity contribution in [2.75, 3.05) is 6.54 Å². The number of nitrogens with one attached hydrogen (secondary N) is 2. The molecular formula is C17H21N7O3. The Bertz CT molecular complexity index is 918. The van der Waals surface area contributed by atoms with Crippen molar-refractivity contribution < 1.29 is 14.3 Å². The first-order valence-corrected chi connectivity index (χ1v) is 8.81. The maximum atomic E-state index is 12.2. The van der Waals surface area contributed by atoms with E-state index in [0.29, 0.717) is 18.1 Å². The number of unbranched alkanes of at least 4 members (excludes halogenated alkanes) is 1. The van der Waals surface area contributed by atoms with Gasteiger partial charge in [0.15, 0.2) is 18.1 Å². The average Bonchev–Trinajstić information content (AvgIpc) is 3.31. The number of aromatic nitrogens is 6. The van der Waals surface area contributed by atoms with Gasteiger partial charge >= 0.3 is 5.97 Å². The van der Waals surface area contributed by atoms with Gasteiger partial charge in [0.25, 0.3) is 5.91 Å². The first-order valence-electron chi connectivity index (χ1n) is 8.81. The molecule has 3 aromatic rings. The van der Waals surface area contributed by atoms with Crippen molar-refractivity contribution in [3.63, 3.8) is 0 Å². The number of carbonyl (C=O) groups is 2. The van der Waals surface area contributed by atoms with Crippen LogP contribution in [0.3, 0.4) is 0 Å². The molecule has 2 heterocycles. The molecule has 10 nitrogen and oxygen atoms in total. The number of para-hydroxylation sites is 1. The number of hydrogen-bond donors (Lipinski definition) is 2. The molecule has 2 aromatic heterocycles. The van der Waals surface area contributed by atoms with Crippen LogP contribution >= 0.6 is 0 Å². The fraction of sp³-hybridized carbons (Fsp3) is 0.412. The van der Waals surface area contributed by atoms with E-state index < -0.39 is 5.97 Å². The minimum Gasteiger partial charge on any atom is -0.457 e. The molecule has 10 heteroatoms. The predicted molar refractivity (Wildman–Crippen MR) is 95.6 cm³/mol. The number of H-pyrrole nitrogens is 1. The molecule has 1 aromatic carbocycles. The second-order valence-corrected chi connectivity index (χ2v) is 5.96. The van der Waals surface area contributed by atoms with Crippen molar-refractivity contribution in [1.82, 2.24) is 35.7 Å². The van der Waals surface area contributed by atoms with Crippen molar-refractivity contribution in [1.29, 1.82) is 0 Å². The van der Waals surface area contributed by atoms with E-state index >= 15 is 0 Å². The number of amides is 1. The van der Waals surface area contributed by atoms with Gasteiger partial charge in [0.1, 0.15) is 0 Å². The van der Waals surface area contributed by atoms with Gasteiger partial charge in [0, 0.05) is 18.5 Å². The van der Waals surface area contributed by atoms with Gasteiger partial charge in [-0.05, 0) is 22.9 Å². The molecule has 0 aliphatic rings. The number of fused-ring (bicyclic) bond motifs is 1. The topological polar surface area (TPSA) is 128 Å². The van der Waals surface area contributed by atoms with E-state index in [0.717, 1.165) is 23.7 Å². The highest BCUT2D eigenvalue weighted by atomic mass is 16.5. The van der Waals surface area contributed by atoms with E-state index in [-0.39, 0.29) is 25.5 Å².